The number of nitrogens with one attached hydrogen (secondary N) is 1. The van der Waals surface area contributed by atoms with Crippen LogP contribution in [0.5, 0.6) is 0 Å². The van der Waals surface area contributed by atoms with Gasteiger partial charge in [0.15, 0.2) is 5.96 Å². The lowest BCUT2D eigenvalue weighted by Crippen LogP contribution is -2.46. The molecule has 2 heterocycles. The van der Waals surface area contributed by atoms with E-state index in [1.807, 2.05) is 23.3 Å². The lowest BCUT2D eigenvalue weighted by molar-refractivity contribution is 0.232. The van der Waals surface area contributed by atoms with Crippen LogP contribution in [-0.4, -0.2) is 72.3 Å². The predicted octanol–water partition coefficient (Wildman–Crippen LogP) is 3.01. The van der Waals surface area contributed by atoms with Crippen molar-refractivity contribution in [3.8, 4) is 0 Å². The van der Waals surface area contributed by atoms with Gasteiger partial charge in [-0.3, -0.25) is 9.89 Å². The Kier molecular flexibility index (Phi) is 8.91. The minimum atomic E-state index is 0.671. The normalized spacial score (nSPS) is 19.0. The first-order valence-corrected chi connectivity index (χ1v) is 10.9. The number of likely N-dealkylation sites (tertiary alicyclic amines) is 1. The smallest absolute Gasteiger partial charge is 0.193 e. The molecule has 5 nitrogen and oxygen atoms in total. The first-order chi connectivity index (χ1) is 11.7. The number of aliphatic imine (C=N–C) groups is 1. The third kappa shape index (κ3) is 6.26. The molecule has 0 radical (unpaired) electrons. The van der Waals surface area contributed by atoms with Crippen LogP contribution in [0.1, 0.15) is 33.1 Å². The molecular formula is C17H31N5S2. The van der Waals surface area contributed by atoms with Crippen molar-refractivity contribution in [2.75, 3.05) is 45.5 Å². The zero-order valence-corrected chi connectivity index (χ0v) is 16.8. The van der Waals surface area contributed by atoms with E-state index in [0.717, 1.165) is 48.7 Å². The number of thiazole rings is 1. The van der Waals surface area contributed by atoms with Crippen LogP contribution >= 0.6 is 23.1 Å². The fourth-order valence-corrected chi connectivity index (χ4v) is 4.71. The van der Waals surface area contributed by atoms with E-state index >= 15 is 0 Å². The molecule has 0 aromatic carbocycles. The van der Waals surface area contributed by atoms with Crippen molar-refractivity contribution in [2.45, 2.75) is 43.5 Å². The monoisotopic (exact) mass is 369 g/mol. The van der Waals surface area contributed by atoms with Crippen LogP contribution in [0.2, 0.25) is 0 Å². The first kappa shape index (κ1) is 19.5. The van der Waals surface area contributed by atoms with Crippen LogP contribution in [0.3, 0.4) is 0 Å². The van der Waals surface area contributed by atoms with Crippen molar-refractivity contribution >= 4 is 29.1 Å². The highest BCUT2D eigenvalue weighted by atomic mass is 32.2. The van der Waals surface area contributed by atoms with Gasteiger partial charge in [0, 0.05) is 50.1 Å². The summed E-state index contributed by atoms with van der Waals surface area (Å²) in [6, 6.07) is 0.671. The molecule has 0 spiro atoms. The van der Waals surface area contributed by atoms with Gasteiger partial charge in [0.1, 0.15) is 4.34 Å². The number of guanidine groups is 1. The molecule has 1 aliphatic rings. The SMILES string of the molecule is CCNC(=NCCCSc1nccs1)N(C)CC1CCCN1CC. The second-order valence-corrected chi connectivity index (χ2v) is 8.28. The molecular weight excluding hydrogens is 338 g/mol. The van der Waals surface area contributed by atoms with E-state index in [9.17, 15) is 0 Å². The molecule has 0 aliphatic carbocycles. The molecule has 136 valence electrons. The second-order valence-electron chi connectivity index (χ2n) is 6.04. The van der Waals surface area contributed by atoms with Crippen molar-refractivity contribution in [3.05, 3.63) is 11.6 Å². The highest BCUT2D eigenvalue weighted by Crippen LogP contribution is 2.20. The van der Waals surface area contributed by atoms with Gasteiger partial charge in [-0.15, -0.1) is 11.3 Å². The summed E-state index contributed by atoms with van der Waals surface area (Å²) in [4.78, 5) is 14.0. The number of aromatic nitrogens is 1. The summed E-state index contributed by atoms with van der Waals surface area (Å²) in [5.74, 6) is 2.12. The first-order valence-electron chi connectivity index (χ1n) is 9.00. The Labute approximate surface area is 154 Å². The van der Waals surface area contributed by atoms with Crippen LogP contribution in [0.15, 0.2) is 20.9 Å². The van der Waals surface area contributed by atoms with E-state index in [4.69, 9.17) is 4.99 Å². The number of hydrogen-bond acceptors (Lipinski definition) is 5. The Hall–Kier alpha value is -0.790. The fraction of sp³-hybridized carbons (Fsp3) is 0.765. The van der Waals surface area contributed by atoms with Gasteiger partial charge in [-0.1, -0.05) is 18.7 Å². The summed E-state index contributed by atoms with van der Waals surface area (Å²) in [5, 5.41) is 5.46. The van der Waals surface area contributed by atoms with Gasteiger partial charge in [0.25, 0.3) is 0 Å². The van der Waals surface area contributed by atoms with Crippen molar-refractivity contribution in [1.29, 1.82) is 0 Å². The summed E-state index contributed by atoms with van der Waals surface area (Å²) in [7, 11) is 2.16. The average Bonchev–Trinajstić information content (AvgIpc) is 3.24. The molecule has 1 fully saturated rings. The maximum Gasteiger partial charge on any atom is 0.193 e. The van der Waals surface area contributed by atoms with Crippen LogP contribution in [-0.2, 0) is 0 Å². The minimum Gasteiger partial charge on any atom is -0.357 e. The summed E-state index contributed by atoms with van der Waals surface area (Å²) in [6.07, 6.45) is 5.58. The zero-order valence-electron chi connectivity index (χ0n) is 15.2. The fourth-order valence-electron chi connectivity index (χ4n) is 3.08. The Morgan fingerprint density at radius 1 is 1.54 bits per heavy atom. The van der Waals surface area contributed by atoms with Crippen LogP contribution in [0, 0.1) is 0 Å². The number of rotatable bonds is 9. The molecule has 24 heavy (non-hydrogen) atoms. The molecule has 1 N–H and O–H groups in total. The molecule has 1 atom stereocenters. The van der Waals surface area contributed by atoms with Gasteiger partial charge in [0.2, 0.25) is 0 Å². The molecule has 2 rings (SSSR count). The van der Waals surface area contributed by atoms with Gasteiger partial charge < -0.3 is 10.2 Å². The van der Waals surface area contributed by atoms with E-state index in [-0.39, 0.29) is 0 Å². The maximum atomic E-state index is 4.81. The molecule has 7 heteroatoms. The van der Waals surface area contributed by atoms with E-state index in [1.54, 1.807) is 11.3 Å². The minimum absolute atomic E-state index is 0.671. The maximum absolute atomic E-state index is 4.81. The quantitative estimate of drug-likeness (QED) is 0.314. The van der Waals surface area contributed by atoms with Crippen molar-refractivity contribution in [2.24, 2.45) is 4.99 Å². The Bertz CT molecular complexity index is 477. The zero-order chi connectivity index (χ0) is 17.2. The van der Waals surface area contributed by atoms with Crippen molar-refractivity contribution in [1.82, 2.24) is 20.1 Å². The molecule has 1 saturated heterocycles. The molecule has 0 saturated carbocycles. The molecule has 0 bridgehead atoms. The second kappa shape index (κ2) is 10.9. The third-order valence-electron chi connectivity index (χ3n) is 4.29. The van der Waals surface area contributed by atoms with Crippen molar-refractivity contribution < 1.29 is 0 Å². The van der Waals surface area contributed by atoms with E-state index in [1.165, 1.54) is 19.4 Å². The standard InChI is InChI=1S/C17H31N5S2/c1-4-18-16(19-9-7-12-23-17-20-10-13-24-17)21(3)14-15-8-6-11-22(15)5-2/h10,13,15H,4-9,11-12,14H2,1-3H3,(H,18,19). The highest BCUT2D eigenvalue weighted by molar-refractivity contribution is 8.00. The summed E-state index contributed by atoms with van der Waals surface area (Å²) < 4.78 is 1.16. The lowest BCUT2D eigenvalue weighted by Gasteiger charge is -2.29. The molecule has 1 aromatic heterocycles. The van der Waals surface area contributed by atoms with Gasteiger partial charge in [-0.05, 0) is 39.3 Å². The number of likely N-dealkylation sites (N-methyl/N-ethyl adjacent to an activating group) is 2. The van der Waals surface area contributed by atoms with E-state index < -0.39 is 0 Å². The Morgan fingerprint density at radius 2 is 2.42 bits per heavy atom. The average molecular weight is 370 g/mol. The van der Waals surface area contributed by atoms with Crippen LogP contribution in [0.25, 0.3) is 0 Å². The molecule has 1 unspecified atom stereocenters. The Morgan fingerprint density at radius 3 is 3.12 bits per heavy atom. The summed E-state index contributed by atoms with van der Waals surface area (Å²) >= 11 is 3.54. The third-order valence-corrected chi connectivity index (χ3v) is 6.34. The molecule has 0 amide bonds. The number of nitrogens with zero attached hydrogens (tertiary/aromatic N) is 4. The van der Waals surface area contributed by atoms with Gasteiger partial charge in [-0.25, -0.2) is 4.98 Å². The summed E-state index contributed by atoms with van der Waals surface area (Å²) in [5.41, 5.74) is 0. The van der Waals surface area contributed by atoms with Gasteiger partial charge in [0.05, 0.1) is 0 Å². The lowest BCUT2D eigenvalue weighted by atomic mass is 10.2. The topological polar surface area (TPSA) is 43.8 Å². The van der Waals surface area contributed by atoms with Gasteiger partial charge in [-0.2, -0.15) is 0 Å². The van der Waals surface area contributed by atoms with E-state index in [2.05, 4.69) is 41.0 Å². The Balaban J connectivity index is 1.76. The predicted molar refractivity (Wildman–Crippen MR) is 106 cm³/mol. The molecule has 1 aromatic rings. The van der Waals surface area contributed by atoms with Crippen molar-refractivity contribution in [3.63, 3.8) is 0 Å². The van der Waals surface area contributed by atoms with Gasteiger partial charge >= 0.3 is 0 Å². The summed E-state index contributed by atoms with van der Waals surface area (Å²) in [6.45, 7) is 9.64. The highest BCUT2D eigenvalue weighted by Gasteiger charge is 2.24. The van der Waals surface area contributed by atoms with E-state index in [0.29, 0.717) is 6.04 Å². The number of hydrogen-bond donors (Lipinski definition) is 1. The number of thioether (sulfide) groups is 1. The largest absolute Gasteiger partial charge is 0.357 e. The molecule has 1 aliphatic heterocycles. The van der Waals surface area contributed by atoms with Crippen LogP contribution < -0.4 is 5.32 Å². The van der Waals surface area contributed by atoms with Crippen LogP contribution in [0.4, 0.5) is 0 Å².